The first-order valence-electron chi connectivity index (χ1n) is 28.5. The van der Waals surface area contributed by atoms with Crippen molar-refractivity contribution in [2.24, 2.45) is 0 Å². The average Bonchev–Trinajstić information content (AvgIpc) is 3.36. The fraction of sp³-hybridized carbons (Fsp3) is 0.641. The Balaban J connectivity index is 4.20. The normalized spacial score (nSPS) is 13.0. The summed E-state index contributed by atoms with van der Waals surface area (Å²) in [6.45, 7) is 6.40. The van der Waals surface area contributed by atoms with Crippen LogP contribution >= 0.6 is 0 Å². The van der Waals surface area contributed by atoms with Crippen LogP contribution in [-0.4, -0.2) is 37.2 Å². The van der Waals surface area contributed by atoms with Crippen molar-refractivity contribution in [2.45, 2.75) is 252 Å². The number of hydrogen-bond acceptors (Lipinski definition) is 6. The zero-order valence-electron chi connectivity index (χ0n) is 45.2. The molecule has 396 valence electrons. The van der Waals surface area contributed by atoms with Crippen molar-refractivity contribution in [1.82, 2.24) is 0 Å². The maximum atomic E-state index is 12.8. The zero-order chi connectivity index (χ0) is 50.7. The van der Waals surface area contributed by atoms with E-state index >= 15 is 0 Å². The summed E-state index contributed by atoms with van der Waals surface area (Å²) in [5.74, 6) is -0.930. The lowest BCUT2D eigenvalue weighted by atomic mass is 10.1. The Kier molecular flexibility index (Phi) is 54.0. The van der Waals surface area contributed by atoms with Crippen molar-refractivity contribution in [2.75, 3.05) is 13.2 Å². The highest BCUT2D eigenvalue weighted by molar-refractivity contribution is 5.71. The summed E-state index contributed by atoms with van der Waals surface area (Å²) in [6, 6.07) is 0. The minimum atomic E-state index is -0.791. The molecule has 0 amide bonds. The number of hydrogen-bond donors (Lipinski definition) is 0. The summed E-state index contributed by atoms with van der Waals surface area (Å²) in [5, 5.41) is 0. The maximum absolute atomic E-state index is 12.8. The molecule has 1 atom stereocenters. The summed E-state index contributed by atoms with van der Waals surface area (Å²) in [6.07, 6.45) is 79.3. The molecule has 0 saturated carbocycles. The van der Waals surface area contributed by atoms with Gasteiger partial charge in [0.1, 0.15) is 13.2 Å². The molecule has 6 heteroatoms. The Labute approximate surface area is 431 Å². The lowest BCUT2D eigenvalue weighted by molar-refractivity contribution is -0.167. The van der Waals surface area contributed by atoms with E-state index < -0.39 is 6.10 Å². The van der Waals surface area contributed by atoms with E-state index in [0.717, 1.165) is 148 Å². The molecule has 0 aromatic heterocycles. The van der Waals surface area contributed by atoms with Gasteiger partial charge in [0, 0.05) is 19.3 Å². The third kappa shape index (κ3) is 54.7. The van der Waals surface area contributed by atoms with E-state index in [2.05, 4.69) is 142 Å². The zero-order valence-corrected chi connectivity index (χ0v) is 45.2. The molecule has 70 heavy (non-hydrogen) atoms. The van der Waals surface area contributed by atoms with Crippen molar-refractivity contribution in [3.63, 3.8) is 0 Å². The second-order valence-corrected chi connectivity index (χ2v) is 18.5. The highest BCUT2D eigenvalue weighted by atomic mass is 16.6. The molecule has 0 aliphatic heterocycles. The van der Waals surface area contributed by atoms with Crippen LogP contribution in [0, 0.1) is 0 Å². The molecule has 0 aromatic carbocycles. The van der Waals surface area contributed by atoms with Crippen LogP contribution in [0.5, 0.6) is 0 Å². The van der Waals surface area contributed by atoms with Crippen LogP contribution in [0.15, 0.2) is 122 Å². The number of esters is 3. The van der Waals surface area contributed by atoms with Crippen LogP contribution in [-0.2, 0) is 28.6 Å². The third-order valence-corrected chi connectivity index (χ3v) is 11.7. The van der Waals surface area contributed by atoms with Crippen LogP contribution in [0.3, 0.4) is 0 Å². The van der Waals surface area contributed by atoms with E-state index in [0.29, 0.717) is 19.3 Å². The van der Waals surface area contributed by atoms with Gasteiger partial charge in [-0.25, -0.2) is 0 Å². The minimum Gasteiger partial charge on any atom is -0.462 e. The first-order valence-corrected chi connectivity index (χ1v) is 28.5. The summed E-state index contributed by atoms with van der Waals surface area (Å²) in [4.78, 5) is 37.9. The van der Waals surface area contributed by atoms with Gasteiger partial charge < -0.3 is 14.2 Å². The smallest absolute Gasteiger partial charge is 0.306 e. The van der Waals surface area contributed by atoms with Crippen LogP contribution in [0.2, 0.25) is 0 Å². The predicted molar refractivity (Wildman–Crippen MR) is 302 cm³/mol. The molecule has 0 spiro atoms. The number of carbonyl (C=O) groups is 3. The van der Waals surface area contributed by atoms with E-state index in [4.69, 9.17) is 14.2 Å². The summed E-state index contributed by atoms with van der Waals surface area (Å²) in [5.41, 5.74) is 0. The van der Waals surface area contributed by atoms with Gasteiger partial charge >= 0.3 is 17.9 Å². The number of ether oxygens (including phenoxy) is 3. The van der Waals surface area contributed by atoms with E-state index in [9.17, 15) is 14.4 Å². The Morgan fingerprint density at radius 3 is 0.914 bits per heavy atom. The van der Waals surface area contributed by atoms with E-state index in [1.165, 1.54) is 57.8 Å². The van der Waals surface area contributed by atoms with Crippen molar-refractivity contribution >= 4 is 17.9 Å². The van der Waals surface area contributed by atoms with Gasteiger partial charge in [0.2, 0.25) is 0 Å². The number of unbranched alkanes of at least 4 members (excludes halogenated alkanes) is 19. The number of allylic oxidation sites excluding steroid dienone is 20. The molecule has 0 bridgehead atoms. The summed E-state index contributed by atoms with van der Waals surface area (Å²) < 4.78 is 16.7. The summed E-state index contributed by atoms with van der Waals surface area (Å²) >= 11 is 0. The fourth-order valence-electron chi connectivity index (χ4n) is 7.41. The fourth-order valence-corrected chi connectivity index (χ4v) is 7.41. The van der Waals surface area contributed by atoms with Gasteiger partial charge in [0.05, 0.1) is 0 Å². The first kappa shape index (κ1) is 65.8. The molecule has 0 rings (SSSR count). The predicted octanol–water partition coefficient (Wildman–Crippen LogP) is 19.3. The van der Waals surface area contributed by atoms with E-state index in [1.54, 1.807) is 0 Å². The quantitative estimate of drug-likeness (QED) is 0.0262. The standard InChI is InChI=1S/C64H104O6/c1-4-7-10-13-16-18-20-22-24-25-26-27-28-29-30-31-32-33-34-35-36-37-38-39-40-42-43-45-48-51-54-57-63(66)69-60-61(59-68-62(65)56-53-50-47-15-12-9-6-3)70-64(67)58-55-52-49-46-44-41-23-21-19-17-14-11-8-5-2/h7,10,14,16-18,21-24,26-27,29-30,32-33,35-36,38-39,61H,4-6,8-9,11-13,15,19-20,25,28,31,34,37,40-60H2,1-3H3/b10-7-,17-14-,18-16-,23-21-,24-22-,27-26-,30-29-,33-32-,36-35-,39-38-. The maximum Gasteiger partial charge on any atom is 0.306 e. The Morgan fingerprint density at radius 2 is 0.571 bits per heavy atom. The van der Waals surface area contributed by atoms with Crippen molar-refractivity contribution < 1.29 is 28.6 Å². The molecular formula is C64H104O6. The van der Waals surface area contributed by atoms with Crippen molar-refractivity contribution in [1.29, 1.82) is 0 Å². The number of rotatable bonds is 50. The average molecular weight is 970 g/mol. The Morgan fingerprint density at radius 1 is 0.300 bits per heavy atom. The minimum absolute atomic E-state index is 0.0899. The van der Waals surface area contributed by atoms with Gasteiger partial charge in [0.25, 0.3) is 0 Å². The van der Waals surface area contributed by atoms with Gasteiger partial charge in [-0.1, -0.05) is 239 Å². The van der Waals surface area contributed by atoms with E-state index in [1.807, 2.05) is 0 Å². The van der Waals surface area contributed by atoms with Crippen molar-refractivity contribution in [3.8, 4) is 0 Å². The van der Waals surface area contributed by atoms with Gasteiger partial charge in [-0.2, -0.15) is 0 Å². The molecule has 0 heterocycles. The van der Waals surface area contributed by atoms with Crippen molar-refractivity contribution in [3.05, 3.63) is 122 Å². The largest absolute Gasteiger partial charge is 0.462 e. The topological polar surface area (TPSA) is 78.9 Å². The van der Waals surface area contributed by atoms with Crippen LogP contribution in [0.4, 0.5) is 0 Å². The Hall–Kier alpha value is -4.19. The van der Waals surface area contributed by atoms with Gasteiger partial charge in [-0.3, -0.25) is 14.4 Å². The SMILES string of the molecule is CC/C=C\C/C=C\C/C=C\C/C=C\C/C=C\C/C=C\C/C=C\C/C=C\CCCCCCCCC(=O)OCC(COC(=O)CCCCCCCCC)OC(=O)CCCCCCC/C=C\C/C=C\CCCC. The van der Waals surface area contributed by atoms with Crippen LogP contribution in [0.25, 0.3) is 0 Å². The van der Waals surface area contributed by atoms with Gasteiger partial charge in [-0.05, 0) is 109 Å². The first-order chi connectivity index (χ1) is 34.5. The van der Waals surface area contributed by atoms with E-state index in [-0.39, 0.29) is 31.1 Å². The molecule has 0 aliphatic carbocycles. The molecule has 1 unspecified atom stereocenters. The third-order valence-electron chi connectivity index (χ3n) is 11.7. The van der Waals surface area contributed by atoms with Crippen LogP contribution in [0.1, 0.15) is 245 Å². The second kappa shape index (κ2) is 57.4. The molecule has 0 saturated heterocycles. The molecule has 6 nitrogen and oxygen atoms in total. The molecule has 0 N–H and O–H groups in total. The summed E-state index contributed by atoms with van der Waals surface area (Å²) in [7, 11) is 0. The second-order valence-electron chi connectivity index (χ2n) is 18.5. The highest BCUT2D eigenvalue weighted by Gasteiger charge is 2.19. The lowest BCUT2D eigenvalue weighted by Crippen LogP contribution is -2.30. The monoisotopic (exact) mass is 969 g/mol. The molecule has 0 radical (unpaired) electrons. The molecule has 0 aliphatic rings. The van der Waals surface area contributed by atoms with Crippen LogP contribution < -0.4 is 0 Å². The highest BCUT2D eigenvalue weighted by Crippen LogP contribution is 2.13. The Bertz CT molecular complexity index is 1490. The molecular weight excluding hydrogens is 865 g/mol. The van der Waals surface area contributed by atoms with Gasteiger partial charge in [0.15, 0.2) is 6.10 Å². The molecule has 0 aromatic rings. The number of carbonyl (C=O) groups excluding carboxylic acids is 3. The van der Waals surface area contributed by atoms with Gasteiger partial charge in [-0.15, -0.1) is 0 Å². The lowest BCUT2D eigenvalue weighted by Gasteiger charge is -2.18. The molecule has 0 fully saturated rings.